The van der Waals surface area contributed by atoms with Gasteiger partial charge in [-0.05, 0) is 24.3 Å². The van der Waals surface area contributed by atoms with Crippen LogP contribution in [-0.2, 0) is 0 Å². The Morgan fingerprint density at radius 2 is 1.68 bits per heavy atom. The molecule has 0 radical (unpaired) electrons. The summed E-state index contributed by atoms with van der Waals surface area (Å²) in [5.41, 5.74) is 2.91. The minimum Gasteiger partial charge on any atom is -0.338 e. The van der Waals surface area contributed by atoms with Crippen LogP contribution in [-0.4, -0.2) is 22.0 Å². The smallest absolute Gasteiger partial charge is 0.138 e. The van der Waals surface area contributed by atoms with Crippen molar-refractivity contribution in [1.82, 2.24) is 15.0 Å². The van der Waals surface area contributed by atoms with E-state index in [1.165, 1.54) is 0 Å². The van der Waals surface area contributed by atoms with E-state index in [4.69, 9.17) is 0 Å². The molecule has 2 heterocycles. The van der Waals surface area contributed by atoms with E-state index in [1.54, 1.807) is 12.5 Å². The molecule has 0 amide bonds. The number of benzene rings is 2. The Balaban J connectivity index is 1.66. The number of aromatic nitrogens is 3. The lowest BCUT2D eigenvalue weighted by Gasteiger charge is -2.18. The number of nitrogens with zero attached hydrogens (tertiary/aromatic N) is 4. The average Bonchev–Trinajstić information content (AvgIpc) is 2.69. The van der Waals surface area contributed by atoms with Crippen molar-refractivity contribution in [3.8, 4) is 0 Å². The van der Waals surface area contributed by atoms with Crippen LogP contribution in [0.1, 0.15) is 0 Å². The van der Waals surface area contributed by atoms with Crippen LogP contribution in [0.2, 0.25) is 0 Å². The molecule has 0 aliphatic rings. The molecule has 0 atom stereocenters. The van der Waals surface area contributed by atoms with E-state index < -0.39 is 0 Å². The number of hydrogen-bond acceptors (Lipinski definition) is 5. The molecular weight excluding hydrogens is 310 g/mol. The first-order chi connectivity index (χ1) is 12.3. The number of pyridine rings is 1. The molecule has 2 aromatic heterocycles. The Bertz CT molecular complexity index is 996. The summed E-state index contributed by atoms with van der Waals surface area (Å²) < 4.78 is 0. The van der Waals surface area contributed by atoms with E-state index in [0.29, 0.717) is 0 Å². The zero-order chi connectivity index (χ0) is 17.1. The maximum absolute atomic E-state index is 4.47. The summed E-state index contributed by atoms with van der Waals surface area (Å²) in [6, 6.07) is 22.1. The molecule has 0 aliphatic carbocycles. The van der Waals surface area contributed by atoms with E-state index in [-0.39, 0.29) is 0 Å². The standard InChI is InChI=1S/C20H17N5/c1-25(16-9-3-2-4-10-16)19-13-18(22-14-23-19)24-17-11-5-7-15-8-6-12-21-20(15)17/h2-14H,1H3,(H,22,23,24). The van der Waals surface area contributed by atoms with Gasteiger partial charge in [-0.25, -0.2) is 9.97 Å². The molecule has 5 nitrogen and oxygen atoms in total. The van der Waals surface area contributed by atoms with E-state index in [0.717, 1.165) is 33.9 Å². The Morgan fingerprint density at radius 3 is 2.56 bits per heavy atom. The second-order valence-corrected chi connectivity index (χ2v) is 5.66. The van der Waals surface area contributed by atoms with E-state index in [1.807, 2.05) is 78.7 Å². The average molecular weight is 327 g/mol. The summed E-state index contributed by atoms with van der Waals surface area (Å²) in [5.74, 6) is 1.54. The monoisotopic (exact) mass is 327 g/mol. The van der Waals surface area contributed by atoms with Gasteiger partial charge >= 0.3 is 0 Å². The van der Waals surface area contributed by atoms with Gasteiger partial charge in [0.1, 0.15) is 18.0 Å². The van der Waals surface area contributed by atoms with E-state index in [2.05, 4.69) is 20.3 Å². The molecule has 0 unspecified atom stereocenters. The summed E-state index contributed by atoms with van der Waals surface area (Å²) in [5, 5.41) is 4.44. The molecule has 1 N–H and O–H groups in total. The van der Waals surface area contributed by atoms with Gasteiger partial charge in [0.25, 0.3) is 0 Å². The third-order valence-corrected chi connectivity index (χ3v) is 4.04. The molecule has 0 bridgehead atoms. The molecule has 5 heteroatoms. The van der Waals surface area contributed by atoms with Crippen LogP contribution in [0.3, 0.4) is 0 Å². The minimum absolute atomic E-state index is 0.728. The highest BCUT2D eigenvalue weighted by Gasteiger charge is 2.08. The maximum Gasteiger partial charge on any atom is 0.138 e. The lowest BCUT2D eigenvalue weighted by atomic mass is 10.2. The molecule has 0 fully saturated rings. The zero-order valence-corrected chi connectivity index (χ0v) is 13.8. The molecule has 0 saturated heterocycles. The van der Waals surface area contributed by atoms with Gasteiger partial charge < -0.3 is 10.2 Å². The van der Waals surface area contributed by atoms with Crippen LogP contribution < -0.4 is 10.2 Å². The highest BCUT2D eigenvalue weighted by atomic mass is 15.2. The van der Waals surface area contributed by atoms with Crippen molar-refractivity contribution in [3.63, 3.8) is 0 Å². The van der Waals surface area contributed by atoms with E-state index in [9.17, 15) is 0 Å². The normalized spacial score (nSPS) is 10.6. The zero-order valence-electron chi connectivity index (χ0n) is 13.8. The Labute approximate surface area is 146 Å². The number of para-hydroxylation sites is 2. The van der Waals surface area contributed by atoms with Gasteiger partial charge in [-0.2, -0.15) is 0 Å². The molecule has 122 valence electrons. The summed E-state index contributed by atoms with van der Waals surface area (Å²) >= 11 is 0. The molecule has 25 heavy (non-hydrogen) atoms. The van der Waals surface area contributed by atoms with Crippen LogP contribution in [0.25, 0.3) is 10.9 Å². The van der Waals surface area contributed by atoms with Crippen molar-refractivity contribution >= 4 is 33.9 Å². The Hall–Kier alpha value is -3.47. The SMILES string of the molecule is CN(c1ccccc1)c1cc(Nc2cccc3cccnc23)ncn1. The summed E-state index contributed by atoms with van der Waals surface area (Å²) in [6.45, 7) is 0. The van der Waals surface area contributed by atoms with Gasteiger partial charge in [0, 0.05) is 30.4 Å². The Morgan fingerprint density at radius 1 is 0.840 bits per heavy atom. The molecular formula is C20H17N5. The largest absolute Gasteiger partial charge is 0.338 e. The molecule has 0 saturated carbocycles. The molecule has 4 rings (SSSR count). The van der Waals surface area contributed by atoms with Crippen molar-refractivity contribution in [3.05, 3.63) is 79.3 Å². The molecule has 4 aromatic rings. The van der Waals surface area contributed by atoms with Gasteiger partial charge in [0.05, 0.1) is 11.2 Å². The number of hydrogen-bond donors (Lipinski definition) is 1. The molecule has 2 aromatic carbocycles. The number of fused-ring (bicyclic) bond motifs is 1. The summed E-state index contributed by atoms with van der Waals surface area (Å²) in [4.78, 5) is 15.2. The third kappa shape index (κ3) is 3.12. The third-order valence-electron chi connectivity index (χ3n) is 4.04. The first-order valence-corrected chi connectivity index (χ1v) is 8.03. The lowest BCUT2D eigenvalue weighted by Crippen LogP contribution is -2.11. The summed E-state index contributed by atoms with van der Waals surface area (Å²) in [7, 11) is 1.99. The topological polar surface area (TPSA) is 53.9 Å². The van der Waals surface area contributed by atoms with Gasteiger partial charge in [0.15, 0.2) is 0 Å². The quantitative estimate of drug-likeness (QED) is 0.596. The number of nitrogens with one attached hydrogen (secondary N) is 1. The number of rotatable bonds is 4. The predicted octanol–water partition coefficient (Wildman–Crippen LogP) is 4.54. The van der Waals surface area contributed by atoms with Gasteiger partial charge in [-0.15, -0.1) is 0 Å². The van der Waals surface area contributed by atoms with Crippen LogP contribution >= 0.6 is 0 Å². The van der Waals surface area contributed by atoms with Gasteiger partial charge in [-0.1, -0.05) is 36.4 Å². The van der Waals surface area contributed by atoms with Crippen molar-refractivity contribution in [2.24, 2.45) is 0 Å². The van der Waals surface area contributed by atoms with Gasteiger partial charge in [0.2, 0.25) is 0 Å². The fourth-order valence-corrected chi connectivity index (χ4v) is 2.73. The van der Waals surface area contributed by atoms with Crippen LogP contribution in [0.4, 0.5) is 23.0 Å². The second kappa shape index (κ2) is 6.57. The van der Waals surface area contributed by atoms with Crippen LogP contribution in [0.15, 0.2) is 79.3 Å². The van der Waals surface area contributed by atoms with Crippen LogP contribution in [0, 0.1) is 0 Å². The first-order valence-electron chi connectivity index (χ1n) is 8.03. The first kappa shape index (κ1) is 15.1. The Kier molecular flexibility index (Phi) is 3.96. The molecule has 0 spiro atoms. The number of anilines is 4. The summed E-state index contributed by atoms with van der Waals surface area (Å²) in [6.07, 6.45) is 3.36. The highest BCUT2D eigenvalue weighted by Crippen LogP contribution is 2.26. The fraction of sp³-hybridized carbons (Fsp3) is 0.0500. The highest BCUT2D eigenvalue weighted by molar-refractivity contribution is 5.91. The van der Waals surface area contributed by atoms with Crippen molar-refractivity contribution < 1.29 is 0 Å². The fourth-order valence-electron chi connectivity index (χ4n) is 2.73. The van der Waals surface area contributed by atoms with Crippen molar-refractivity contribution in [2.75, 3.05) is 17.3 Å². The lowest BCUT2D eigenvalue weighted by molar-refractivity contribution is 1.08. The van der Waals surface area contributed by atoms with Crippen molar-refractivity contribution in [1.29, 1.82) is 0 Å². The second-order valence-electron chi connectivity index (χ2n) is 5.66. The van der Waals surface area contributed by atoms with E-state index >= 15 is 0 Å². The maximum atomic E-state index is 4.47. The predicted molar refractivity (Wildman–Crippen MR) is 102 cm³/mol. The van der Waals surface area contributed by atoms with Crippen molar-refractivity contribution in [2.45, 2.75) is 0 Å². The van der Waals surface area contributed by atoms with Crippen LogP contribution in [0.5, 0.6) is 0 Å². The minimum atomic E-state index is 0.728. The van der Waals surface area contributed by atoms with Gasteiger partial charge in [-0.3, -0.25) is 4.98 Å². The molecule has 0 aliphatic heterocycles.